The molecule has 2 aromatic rings. The standard InChI is InChI=1S/C16H20BF3N2O3/c1-14(2)15(3,4)25-17(24-14)10-6-9-8-22(5)21-12(9)11(7-10)13(23)16(18,19)20/h6-8,13,23H,1-5H3. The fourth-order valence-corrected chi connectivity index (χ4v) is 2.81. The average molecular weight is 356 g/mol. The van der Waals surface area contributed by atoms with E-state index >= 15 is 0 Å². The van der Waals surface area contributed by atoms with Gasteiger partial charge in [-0.1, -0.05) is 12.1 Å². The van der Waals surface area contributed by atoms with Crippen LogP contribution in [0.5, 0.6) is 0 Å². The molecule has 25 heavy (non-hydrogen) atoms. The van der Waals surface area contributed by atoms with Crippen molar-refractivity contribution in [3.8, 4) is 0 Å². The number of alkyl halides is 3. The molecule has 0 aliphatic carbocycles. The van der Waals surface area contributed by atoms with Crippen LogP contribution >= 0.6 is 0 Å². The van der Waals surface area contributed by atoms with E-state index in [4.69, 9.17) is 9.31 Å². The lowest BCUT2D eigenvalue weighted by molar-refractivity contribution is -0.206. The van der Waals surface area contributed by atoms with Crippen molar-refractivity contribution in [2.45, 2.75) is 51.2 Å². The molecule has 1 saturated heterocycles. The van der Waals surface area contributed by atoms with Gasteiger partial charge in [-0.15, -0.1) is 0 Å². The maximum atomic E-state index is 13.1. The molecule has 2 heterocycles. The zero-order chi connectivity index (χ0) is 18.8. The Bertz CT molecular complexity index is 801. The van der Waals surface area contributed by atoms with Gasteiger partial charge in [-0.3, -0.25) is 4.68 Å². The van der Waals surface area contributed by atoms with Crippen LogP contribution in [0.25, 0.3) is 10.9 Å². The van der Waals surface area contributed by atoms with Crippen molar-refractivity contribution in [1.29, 1.82) is 0 Å². The van der Waals surface area contributed by atoms with Gasteiger partial charge >= 0.3 is 13.3 Å². The Morgan fingerprint density at radius 2 is 1.72 bits per heavy atom. The van der Waals surface area contributed by atoms with Gasteiger partial charge in [0.15, 0.2) is 6.10 Å². The monoisotopic (exact) mass is 356 g/mol. The molecule has 0 saturated carbocycles. The number of halogens is 3. The van der Waals surface area contributed by atoms with Crippen LogP contribution in [0.1, 0.15) is 39.4 Å². The smallest absolute Gasteiger partial charge is 0.399 e. The van der Waals surface area contributed by atoms with Crippen molar-refractivity contribution < 1.29 is 27.6 Å². The molecule has 1 aromatic carbocycles. The quantitative estimate of drug-likeness (QED) is 0.840. The largest absolute Gasteiger partial charge is 0.494 e. The molecule has 1 fully saturated rings. The van der Waals surface area contributed by atoms with E-state index in [0.29, 0.717) is 10.8 Å². The highest BCUT2D eigenvalue weighted by Crippen LogP contribution is 2.38. The van der Waals surface area contributed by atoms with E-state index in [1.807, 2.05) is 27.7 Å². The number of aromatic nitrogens is 2. The first kappa shape index (κ1) is 18.2. The maximum Gasteiger partial charge on any atom is 0.494 e. The summed E-state index contributed by atoms with van der Waals surface area (Å²) in [5, 5.41) is 14.3. The third kappa shape index (κ3) is 3.05. The summed E-state index contributed by atoms with van der Waals surface area (Å²) in [5.41, 5.74) is -1.03. The number of aryl methyl sites for hydroxylation is 1. The predicted molar refractivity (Wildman–Crippen MR) is 87.4 cm³/mol. The second-order valence-electron chi connectivity index (χ2n) is 7.38. The van der Waals surface area contributed by atoms with Gasteiger partial charge in [0.1, 0.15) is 0 Å². The topological polar surface area (TPSA) is 56.5 Å². The van der Waals surface area contributed by atoms with Gasteiger partial charge in [-0.05, 0) is 33.2 Å². The number of benzene rings is 1. The van der Waals surface area contributed by atoms with Crippen LogP contribution in [-0.4, -0.2) is 39.4 Å². The Morgan fingerprint density at radius 1 is 1.16 bits per heavy atom. The highest BCUT2D eigenvalue weighted by Gasteiger charge is 2.52. The van der Waals surface area contributed by atoms with Crippen LogP contribution in [0.2, 0.25) is 0 Å². The zero-order valence-electron chi connectivity index (χ0n) is 14.7. The van der Waals surface area contributed by atoms with Crippen LogP contribution in [0.15, 0.2) is 18.3 Å². The molecule has 1 aliphatic rings. The molecule has 1 aliphatic heterocycles. The normalized spacial score (nSPS) is 21.1. The Labute approximate surface area is 143 Å². The summed E-state index contributed by atoms with van der Waals surface area (Å²) in [6.07, 6.45) is -5.83. The van der Waals surface area contributed by atoms with Crippen molar-refractivity contribution in [2.24, 2.45) is 7.05 Å². The Kier molecular flexibility index (Phi) is 3.98. The van der Waals surface area contributed by atoms with Crippen molar-refractivity contribution in [3.63, 3.8) is 0 Å². The number of hydrogen-bond donors (Lipinski definition) is 1. The van der Waals surface area contributed by atoms with E-state index < -0.39 is 30.6 Å². The molecule has 136 valence electrons. The molecule has 0 amide bonds. The zero-order valence-corrected chi connectivity index (χ0v) is 14.7. The molecule has 1 aromatic heterocycles. The molecule has 0 radical (unpaired) electrons. The van der Waals surface area contributed by atoms with Crippen molar-refractivity contribution in [1.82, 2.24) is 9.78 Å². The number of fused-ring (bicyclic) bond motifs is 1. The van der Waals surface area contributed by atoms with Crippen LogP contribution < -0.4 is 5.46 Å². The Balaban J connectivity index is 2.12. The Morgan fingerprint density at radius 3 is 2.24 bits per heavy atom. The summed E-state index contributed by atoms with van der Waals surface area (Å²) < 4.78 is 52.5. The van der Waals surface area contributed by atoms with E-state index in [1.54, 1.807) is 19.3 Å². The third-order valence-electron chi connectivity index (χ3n) is 4.90. The molecular formula is C16H20BF3N2O3. The number of aliphatic hydroxyl groups excluding tert-OH is 1. The third-order valence-corrected chi connectivity index (χ3v) is 4.90. The lowest BCUT2D eigenvalue weighted by Crippen LogP contribution is -2.41. The van der Waals surface area contributed by atoms with Crippen LogP contribution in [-0.2, 0) is 16.4 Å². The van der Waals surface area contributed by atoms with Crippen LogP contribution in [0.4, 0.5) is 13.2 Å². The molecule has 0 spiro atoms. The van der Waals surface area contributed by atoms with Gasteiger partial charge in [0.25, 0.3) is 0 Å². The minimum Gasteiger partial charge on any atom is -0.399 e. The minimum atomic E-state index is -4.79. The van der Waals surface area contributed by atoms with Crippen molar-refractivity contribution >= 4 is 23.5 Å². The van der Waals surface area contributed by atoms with E-state index in [0.717, 1.165) is 0 Å². The summed E-state index contributed by atoms with van der Waals surface area (Å²) in [5.74, 6) is 0. The number of hydrogen-bond acceptors (Lipinski definition) is 4. The molecule has 1 N–H and O–H groups in total. The number of nitrogens with zero attached hydrogens (tertiary/aromatic N) is 2. The average Bonchev–Trinajstić information content (AvgIpc) is 2.92. The Hall–Kier alpha value is -1.58. The highest BCUT2D eigenvalue weighted by atomic mass is 19.4. The number of rotatable bonds is 2. The second kappa shape index (κ2) is 5.46. The van der Waals surface area contributed by atoms with E-state index in [1.165, 1.54) is 10.7 Å². The molecule has 1 unspecified atom stereocenters. The maximum absolute atomic E-state index is 13.1. The van der Waals surface area contributed by atoms with E-state index in [-0.39, 0.29) is 11.1 Å². The van der Waals surface area contributed by atoms with Crippen LogP contribution in [0.3, 0.4) is 0 Å². The fourth-order valence-electron chi connectivity index (χ4n) is 2.81. The first-order chi connectivity index (χ1) is 11.3. The molecule has 3 rings (SSSR count). The molecule has 1 atom stereocenters. The lowest BCUT2D eigenvalue weighted by atomic mass is 9.77. The van der Waals surface area contributed by atoms with Gasteiger partial charge in [-0.25, -0.2) is 0 Å². The van der Waals surface area contributed by atoms with Crippen LogP contribution in [0, 0.1) is 0 Å². The molecular weight excluding hydrogens is 336 g/mol. The summed E-state index contributed by atoms with van der Waals surface area (Å²) in [6, 6.07) is 2.94. The van der Waals surface area contributed by atoms with Gasteiger partial charge in [-0.2, -0.15) is 18.3 Å². The van der Waals surface area contributed by atoms with E-state index in [9.17, 15) is 18.3 Å². The lowest BCUT2D eigenvalue weighted by Gasteiger charge is -2.32. The second-order valence-corrected chi connectivity index (χ2v) is 7.38. The first-order valence-electron chi connectivity index (χ1n) is 7.89. The molecule has 5 nitrogen and oxygen atoms in total. The summed E-state index contributed by atoms with van der Waals surface area (Å²) >= 11 is 0. The van der Waals surface area contributed by atoms with E-state index in [2.05, 4.69) is 5.10 Å². The number of aliphatic hydroxyl groups is 1. The van der Waals surface area contributed by atoms with Gasteiger partial charge in [0.05, 0.1) is 16.7 Å². The fraction of sp³-hybridized carbons (Fsp3) is 0.562. The van der Waals surface area contributed by atoms with Gasteiger partial charge < -0.3 is 14.4 Å². The summed E-state index contributed by atoms with van der Waals surface area (Å²) in [6.45, 7) is 7.45. The molecule has 0 bridgehead atoms. The SMILES string of the molecule is Cn1cc2cc(B3OC(C)(C)C(C)(C)O3)cc(C(O)C(F)(F)F)c2n1. The van der Waals surface area contributed by atoms with Gasteiger partial charge in [0.2, 0.25) is 0 Å². The summed E-state index contributed by atoms with van der Waals surface area (Å²) in [4.78, 5) is 0. The summed E-state index contributed by atoms with van der Waals surface area (Å²) in [7, 11) is 0.784. The van der Waals surface area contributed by atoms with Crippen molar-refractivity contribution in [3.05, 3.63) is 23.9 Å². The predicted octanol–water partition coefficient (Wildman–Crippen LogP) is 2.47. The highest BCUT2D eigenvalue weighted by molar-refractivity contribution is 6.62. The first-order valence-corrected chi connectivity index (χ1v) is 7.89. The molecule has 9 heteroatoms. The van der Waals surface area contributed by atoms with Crippen molar-refractivity contribution in [2.75, 3.05) is 0 Å². The minimum absolute atomic E-state index is 0.104. The van der Waals surface area contributed by atoms with Gasteiger partial charge in [0, 0.05) is 24.2 Å².